The Bertz CT molecular complexity index is 971. The van der Waals surface area contributed by atoms with Gasteiger partial charge in [0.05, 0.1) is 23.1 Å². The Morgan fingerprint density at radius 1 is 0.892 bits per heavy atom. The molecule has 1 fully saturated rings. The number of nitriles is 1. The first-order chi connectivity index (χ1) is 18.1. The van der Waals surface area contributed by atoms with Gasteiger partial charge in [-0.2, -0.15) is 5.26 Å². The Labute approximate surface area is 224 Å². The van der Waals surface area contributed by atoms with Crippen molar-refractivity contribution in [3.63, 3.8) is 0 Å². The zero-order valence-electron chi connectivity index (χ0n) is 23.0. The molecule has 5 nitrogen and oxygen atoms in total. The molecule has 1 aromatic carbocycles. The summed E-state index contributed by atoms with van der Waals surface area (Å²) < 4.78 is 5.57. The van der Waals surface area contributed by atoms with Gasteiger partial charge in [0.15, 0.2) is 0 Å². The van der Waals surface area contributed by atoms with E-state index < -0.39 is 0 Å². The maximum absolute atomic E-state index is 12.8. The number of esters is 1. The number of aromatic nitrogens is 2. The van der Waals surface area contributed by atoms with Crippen LogP contribution in [-0.4, -0.2) is 16.2 Å². The summed E-state index contributed by atoms with van der Waals surface area (Å²) in [6.45, 7) is 4.46. The Morgan fingerprint density at radius 2 is 1.54 bits per heavy atom. The summed E-state index contributed by atoms with van der Waals surface area (Å²) >= 11 is 0. The summed E-state index contributed by atoms with van der Waals surface area (Å²) in [5.41, 5.74) is 2.86. The molecule has 2 aromatic rings. The monoisotopic (exact) mass is 503 g/mol. The summed E-state index contributed by atoms with van der Waals surface area (Å²) in [7, 11) is 0. The zero-order valence-corrected chi connectivity index (χ0v) is 23.0. The highest BCUT2D eigenvalue weighted by Crippen LogP contribution is 2.42. The van der Waals surface area contributed by atoms with Crippen LogP contribution in [0, 0.1) is 22.7 Å². The number of rotatable bonds is 15. The van der Waals surface area contributed by atoms with E-state index in [1.807, 2.05) is 6.07 Å². The maximum atomic E-state index is 12.8. The molecule has 0 atom stereocenters. The van der Waals surface area contributed by atoms with Crippen LogP contribution >= 0.6 is 0 Å². The van der Waals surface area contributed by atoms with Gasteiger partial charge in [-0.3, -0.25) is 4.79 Å². The average Bonchev–Trinajstić information content (AvgIpc) is 2.94. The third-order valence-corrected chi connectivity index (χ3v) is 7.94. The van der Waals surface area contributed by atoms with Crippen molar-refractivity contribution in [2.45, 2.75) is 117 Å². The first-order valence-electron chi connectivity index (χ1n) is 14.6. The lowest BCUT2D eigenvalue weighted by molar-refractivity contribution is -0.140. The smallest absolute Gasteiger partial charge is 0.315 e. The second-order valence-corrected chi connectivity index (χ2v) is 10.9. The van der Waals surface area contributed by atoms with Crippen LogP contribution in [-0.2, 0) is 11.2 Å². The highest BCUT2D eigenvalue weighted by molar-refractivity contribution is 5.75. The Kier molecular flexibility index (Phi) is 12.1. The van der Waals surface area contributed by atoms with Gasteiger partial charge in [-0.15, -0.1) is 10.2 Å². The van der Waals surface area contributed by atoms with Crippen molar-refractivity contribution in [1.29, 1.82) is 5.26 Å². The lowest BCUT2D eigenvalue weighted by Gasteiger charge is -2.34. The van der Waals surface area contributed by atoms with Crippen LogP contribution in [0.3, 0.4) is 0 Å². The van der Waals surface area contributed by atoms with Gasteiger partial charge in [0, 0.05) is 11.6 Å². The predicted octanol–water partition coefficient (Wildman–Crippen LogP) is 8.62. The second-order valence-electron chi connectivity index (χ2n) is 10.9. The lowest BCUT2D eigenvalue weighted by atomic mass is 9.69. The fourth-order valence-electron chi connectivity index (χ4n) is 5.38. The molecule has 3 rings (SSSR count). The molecule has 0 saturated heterocycles. The standard InChI is InChI=1S/C32H45N3O2/c1-3-5-7-9-11-13-26-14-16-27(17-15-26)29-18-19-30(35-34-29)37-31(36)28-20-23-32(25-33,24-21-28)22-12-10-8-6-4-2/h14-19,28H,3-13,20-24H2,1-2H3. The van der Waals surface area contributed by atoms with Crippen molar-refractivity contribution in [1.82, 2.24) is 10.2 Å². The topological polar surface area (TPSA) is 75.9 Å². The summed E-state index contributed by atoms with van der Waals surface area (Å²) in [6.07, 6.45) is 17.5. The predicted molar refractivity (Wildman–Crippen MR) is 149 cm³/mol. The average molecular weight is 504 g/mol. The van der Waals surface area contributed by atoms with E-state index in [-0.39, 0.29) is 23.2 Å². The molecule has 5 heteroatoms. The molecule has 0 bridgehead atoms. The van der Waals surface area contributed by atoms with Gasteiger partial charge in [0.25, 0.3) is 0 Å². The Morgan fingerprint density at radius 3 is 2.14 bits per heavy atom. The number of hydrogen-bond acceptors (Lipinski definition) is 5. The highest BCUT2D eigenvalue weighted by Gasteiger charge is 2.38. The van der Waals surface area contributed by atoms with Gasteiger partial charge in [-0.25, -0.2) is 0 Å². The molecule has 0 amide bonds. The summed E-state index contributed by atoms with van der Waals surface area (Å²) in [4.78, 5) is 12.8. The third kappa shape index (κ3) is 9.26. The number of unbranched alkanes of at least 4 members (excludes halogenated alkanes) is 8. The van der Waals surface area contributed by atoms with E-state index in [0.717, 1.165) is 43.4 Å². The lowest BCUT2D eigenvalue weighted by Crippen LogP contribution is -2.31. The molecule has 1 saturated carbocycles. The molecule has 0 spiro atoms. The molecule has 1 aliphatic carbocycles. The van der Waals surface area contributed by atoms with Gasteiger partial charge in [-0.1, -0.05) is 95.9 Å². The molecular weight excluding hydrogens is 458 g/mol. The molecule has 0 aliphatic heterocycles. The van der Waals surface area contributed by atoms with Gasteiger partial charge in [0.1, 0.15) is 0 Å². The van der Waals surface area contributed by atoms with Crippen LogP contribution in [0.1, 0.15) is 116 Å². The number of nitrogens with zero attached hydrogens (tertiary/aromatic N) is 3. The van der Waals surface area contributed by atoms with Crippen molar-refractivity contribution in [2.75, 3.05) is 0 Å². The minimum Gasteiger partial charge on any atom is -0.406 e. The number of carbonyl (C=O) groups excluding carboxylic acids is 1. The molecule has 0 unspecified atom stereocenters. The van der Waals surface area contributed by atoms with Crippen molar-refractivity contribution >= 4 is 5.97 Å². The SMILES string of the molecule is CCCCCCCc1ccc(-c2ccc(OC(=O)C3CCC(C#N)(CCCCCCC)CC3)nn2)cc1. The van der Waals surface area contributed by atoms with E-state index in [1.54, 1.807) is 6.07 Å². The van der Waals surface area contributed by atoms with E-state index in [2.05, 4.69) is 54.4 Å². The van der Waals surface area contributed by atoms with Gasteiger partial charge >= 0.3 is 5.97 Å². The number of benzene rings is 1. The number of aryl methyl sites for hydroxylation is 1. The van der Waals surface area contributed by atoms with Crippen LogP contribution in [0.4, 0.5) is 0 Å². The van der Waals surface area contributed by atoms with Crippen LogP contribution < -0.4 is 4.74 Å². The first-order valence-corrected chi connectivity index (χ1v) is 14.6. The number of ether oxygens (including phenoxy) is 1. The zero-order chi connectivity index (χ0) is 26.3. The molecular formula is C32H45N3O2. The molecule has 1 heterocycles. The van der Waals surface area contributed by atoms with Crippen LogP contribution in [0.25, 0.3) is 11.3 Å². The summed E-state index contributed by atoms with van der Waals surface area (Å²) in [6, 6.07) is 14.7. The molecule has 0 radical (unpaired) electrons. The van der Waals surface area contributed by atoms with E-state index in [0.29, 0.717) is 12.8 Å². The fourth-order valence-corrected chi connectivity index (χ4v) is 5.38. The largest absolute Gasteiger partial charge is 0.406 e. The first kappa shape index (κ1) is 28.8. The van der Waals surface area contributed by atoms with Crippen molar-refractivity contribution in [3.8, 4) is 23.2 Å². The van der Waals surface area contributed by atoms with Gasteiger partial charge in [-0.05, 0) is 56.6 Å². The number of carbonyl (C=O) groups is 1. The normalized spacial score (nSPS) is 19.3. The van der Waals surface area contributed by atoms with Gasteiger partial charge < -0.3 is 4.74 Å². The number of hydrogen-bond donors (Lipinski definition) is 0. The second kappa shape index (κ2) is 15.5. The fraction of sp³-hybridized carbons (Fsp3) is 0.625. The molecule has 0 N–H and O–H groups in total. The van der Waals surface area contributed by atoms with Crippen LogP contribution in [0.2, 0.25) is 0 Å². The quantitative estimate of drug-likeness (QED) is 0.180. The molecule has 37 heavy (non-hydrogen) atoms. The Balaban J connectivity index is 1.44. The summed E-state index contributed by atoms with van der Waals surface area (Å²) in [5, 5.41) is 18.3. The minimum absolute atomic E-state index is 0.169. The van der Waals surface area contributed by atoms with E-state index in [1.165, 1.54) is 63.4 Å². The van der Waals surface area contributed by atoms with Crippen molar-refractivity contribution in [2.24, 2.45) is 11.3 Å². The minimum atomic E-state index is -0.269. The highest BCUT2D eigenvalue weighted by atomic mass is 16.5. The van der Waals surface area contributed by atoms with Crippen LogP contribution in [0.5, 0.6) is 5.88 Å². The Hall–Kier alpha value is -2.74. The molecule has 1 aliphatic rings. The van der Waals surface area contributed by atoms with E-state index >= 15 is 0 Å². The molecule has 1 aromatic heterocycles. The summed E-state index contributed by atoms with van der Waals surface area (Å²) in [5.74, 6) is -0.178. The van der Waals surface area contributed by atoms with Crippen molar-refractivity contribution in [3.05, 3.63) is 42.0 Å². The maximum Gasteiger partial charge on any atom is 0.315 e. The van der Waals surface area contributed by atoms with E-state index in [9.17, 15) is 10.1 Å². The molecule has 200 valence electrons. The third-order valence-electron chi connectivity index (χ3n) is 7.94. The van der Waals surface area contributed by atoms with Crippen LogP contribution in [0.15, 0.2) is 36.4 Å². The van der Waals surface area contributed by atoms with Crippen molar-refractivity contribution < 1.29 is 9.53 Å². The van der Waals surface area contributed by atoms with Gasteiger partial charge in [0.2, 0.25) is 5.88 Å². The van der Waals surface area contributed by atoms with E-state index in [4.69, 9.17) is 4.74 Å².